The zero-order valence-corrected chi connectivity index (χ0v) is 18.2. The minimum Gasteiger partial charge on any atom is -0.350 e. The van der Waals surface area contributed by atoms with E-state index in [0.29, 0.717) is 12.3 Å². The lowest BCUT2D eigenvalue weighted by atomic mass is 9.53. The molecule has 6 rings (SSSR count). The van der Waals surface area contributed by atoms with E-state index in [1.165, 1.54) is 55.9 Å². The highest BCUT2D eigenvalue weighted by Crippen LogP contribution is 2.55. The van der Waals surface area contributed by atoms with Gasteiger partial charge in [-0.15, -0.1) is 16.8 Å². The zero-order valence-electron chi connectivity index (χ0n) is 17.4. The van der Waals surface area contributed by atoms with Crippen molar-refractivity contribution in [2.24, 2.45) is 17.8 Å². The normalized spacial score (nSPS) is 29.1. The van der Waals surface area contributed by atoms with Crippen LogP contribution < -0.4 is 5.32 Å². The summed E-state index contributed by atoms with van der Waals surface area (Å²) in [7, 11) is 0. The topological polar surface area (TPSA) is 59.8 Å². The van der Waals surface area contributed by atoms with Crippen molar-refractivity contribution in [3.8, 4) is 0 Å². The molecule has 4 aliphatic rings. The van der Waals surface area contributed by atoms with Crippen LogP contribution in [0.1, 0.15) is 49.9 Å². The van der Waals surface area contributed by atoms with Crippen LogP contribution in [0.3, 0.4) is 0 Å². The number of hydrogen-bond acceptors (Lipinski definition) is 4. The molecule has 0 saturated heterocycles. The molecule has 158 valence electrons. The Balaban J connectivity index is 1.23. The Morgan fingerprint density at radius 1 is 1.13 bits per heavy atom. The van der Waals surface area contributed by atoms with E-state index in [1.54, 1.807) is 0 Å². The van der Waals surface area contributed by atoms with E-state index in [1.807, 2.05) is 24.3 Å². The number of rotatable bonds is 8. The number of nitrogens with one attached hydrogen (secondary N) is 1. The monoisotopic (exact) mass is 422 g/mol. The lowest BCUT2D eigenvalue weighted by molar-refractivity contribution is -0.124. The molecule has 30 heavy (non-hydrogen) atoms. The van der Waals surface area contributed by atoms with Crippen LogP contribution in [-0.4, -0.2) is 32.0 Å². The molecule has 1 heterocycles. The van der Waals surface area contributed by atoms with E-state index >= 15 is 0 Å². The van der Waals surface area contributed by atoms with E-state index in [2.05, 4.69) is 38.8 Å². The number of thioether (sulfide) groups is 1. The van der Waals surface area contributed by atoms with Crippen LogP contribution in [-0.2, 0) is 17.8 Å². The largest absolute Gasteiger partial charge is 0.350 e. The molecule has 1 aromatic heterocycles. The zero-order chi connectivity index (χ0) is 20.6. The van der Waals surface area contributed by atoms with Crippen molar-refractivity contribution in [2.45, 2.75) is 62.2 Å². The van der Waals surface area contributed by atoms with Gasteiger partial charge in [-0.1, -0.05) is 48.2 Å². The average Bonchev–Trinajstić information content (AvgIpc) is 3.07. The number of amides is 1. The van der Waals surface area contributed by atoms with Gasteiger partial charge in [0.25, 0.3) is 0 Å². The predicted octanol–water partition coefficient (Wildman–Crippen LogP) is 4.23. The third kappa shape index (κ3) is 4.07. The second-order valence-electron chi connectivity index (χ2n) is 9.50. The number of nitrogens with zero attached hydrogens (tertiary/aromatic N) is 3. The molecule has 5 nitrogen and oxygen atoms in total. The van der Waals surface area contributed by atoms with Gasteiger partial charge in [0.1, 0.15) is 5.82 Å². The molecular weight excluding hydrogens is 392 g/mol. The molecule has 1 N–H and O–H groups in total. The maximum Gasteiger partial charge on any atom is 0.230 e. The fourth-order valence-corrected chi connectivity index (χ4v) is 7.14. The first-order chi connectivity index (χ1) is 14.6. The SMILES string of the molecule is C=CCn1c(Cc2ccccc2)nnc1SCC(=O)NC12CC3CC(CC(C3)C1)C2. The molecular formula is C24H30N4OS. The van der Waals surface area contributed by atoms with Gasteiger partial charge in [-0.3, -0.25) is 4.79 Å². The fourth-order valence-electron chi connectivity index (χ4n) is 6.37. The minimum atomic E-state index is 0.0691. The van der Waals surface area contributed by atoms with Crippen molar-refractivity contribution in [3.05, 3.63) is 54.4 Å². The van der Waals surface area contributed by atoms with E-state index in [4.69, 9.17) is 0 Å². The summed E-state index contributed by atoms with van der Waals surface area (Å²) in [6.07, 6.45) is 10.3. The summed E-state index contributed by atoms with van der Waals surface area (Å²) in [5, 5.41) is 13.0. The highest BCUT2D eigenvalue weighted by molar-refractivity contribution is 7.99. The van der Waals surface area contributed by atoms with Crippen molar-refractivity contribution in [2.75, 3.05) is 5.75 Å². The quantitative estimate of drug-likeness (QED) is 0.511. The van der Waals surface area contributed by atoms with Crippen LogP contribution in [0.15, 0.2) is 48.1 Å². The number of carbonyl (C=O) groups is 1. The van der Waals surface area contributed by atoms with E-state index in [0.717, 1.165) is 35.2 Å². The van der Waals surface area contributed by atoms with Crippen molar-refractivity contribution in [3.63, 3.8) is 0 Å². The Morgan fingerprint density at radius 2 is 1.80 bits per heavy atom. The fraction of sp³-hybridized carbons (Fsp3) is 0.542. The number of carbonyl (C=O) groups excluding carboxylic acids is 1. The van der Waals surface area contributed by atoms with Crippen LogP contribution in [0.2, 0.25) is 0 Å². The second kappa shape index (κ2) is 8.22. The van der Waals surface area contributed by atoms with Crippen molar-refractivity contribution in [1.82, 2.24) is 20.1 Å². The summed E-state index contributed by atoms with van der Waals surface area (Å²) >= 11 is 1.48. The van der Waals surface area contributed by atoms with Crippen LogP contribution >= 0.6 is 11.8 Å². The van der Waals surface area contributed by atoms with Crippen molar-refractivity contribution in [1.29, 1.82) is 0 Å². The first-order valence-corrected chi connectivity index (χ1v) is 12.1. The predicted molar refractivity (Wildman–Crippen MR) is 119 cm³/mol. The number of hydrogen-bond donors (Lipinski definition) is 1. The first-order valence-electron chi connectivity index (χ1n) is 11.1. The van der Waals surface area contributed by atoms with Gasteiger partial charge in [0.2, 0.25) is 5.91 Å². The lowest BCUT2D eigenvalue weighted by Gasteiger charge is -2.56. The highest BCUT2D eigenvalue weighted by Gasteiger charge is 2.51. The molecule has 0 aliphatic heterocycles. The molecule has 6 heteroatoms. The summed E-state index contributed by atoms with van der Waals surface area (Å²) in [6, 6.07) is 10.3. The Kier molecular flexibility index (Phi) is 5.44. The highest BCUT2D eigenvalue weighted by atomic mass is 32.2. The third-order valence-corrected chi connectivity index (χ3v) is 8.05. The van der Waals surface area contributed by atoms with Gasteiger partial charge < -0.3 is 9.88 Å². The number of benzene rings is 1. The molecule has 1 aromatic carbocycles. The van der Waals surface area contributed by atoms with Gasteiger partial charge in [0, 0.05) is 18.5 Å². The van der Waals surface area contributed by atoms with E-state index in [-0.39, 0.29) is 11.4 Å². The third-order valence-electron chi connectivity index (χ3n) is 7.09. The number of allylic oxidation sites excluding steroid dienone is 1. The maximum absolute atomic E-state index is 12.9. The van der Waals surface area contributed by atoms with Gasteiger partial charge in [0.15, 0.2) is 5.16 Å². The van der Waals surface area contributed by atoms with E-state index in [9.17, 15) is 4.79 Å². The second-order valence-corrected chi connectivity index (χ2v) is 10.4. The van der Waals surface area contributed by atoms with E-state index < -0.39 is 0 Å². The van der Waals surface area contributed by atoms with Gasteiger partial charge in [0.05, 0.1) is 5.75 Å². The average molecular weight is 423 g/mol. The molecule has 2 aromatic rings. The lowest BCUT2D eigenvalue weighted by Crippen LogP contribution is -2.60. The van der Waals surface area contributed by atoms with Crippen molar-refractivity contribution < 1.29 is 4.79 Å². The number of aromatic nitrogens is 3. The van der Waals surface area contributed by atoms with Crippen LogP contribution in [0, 0.1) is 17.8 Å². The summed E-state index contributed by atoms with van der Waals surface area (Å²) in [6.45, 7) is 4.52. The maximum atomic E-state index is 12.9. The summed E-state index contributed by atoms with van der Waals surface area (Å²) in [4.78, 5) is 12.9. The summed E-state index contributed by atoms with van der Waals surface area (Å²) in [5.41, 5.74) is 1.27. The van der Waals surface area contributed by atoms with Gasteiger partial charge >= 0.3 is 0 Å². The van der Waals surface area contributed by atoms with Crippen LogP contribution in [0.4, 0.5) is 0 Å². The molecule has 0 atom stereocenters. The molecule has 0 radical (unpaired) electrons. The Hall–Kier alpha value is -2.08. The van der Waals surface area contributed by atoms with Crippen molar-refractivity contribution >= 4 is 17.7 Å². The molecule has 0 unspecified atom stereocenters. The molecule has 4 bridgehead atoms. The minimum absolute atomic E-state index is 0.0691. The molecule has 4 aliphatic carbocycles. The van der Waals surface area contributed by atoms with Gasteiger partial charge in [-0.2, -0.15) is 0 Å². The summed E-state index contributed by atoms with van der Waals surface area (Å²) in [5.74, 6) is 3.94. The van der Waals surface area contributed by atoms with Crippen LogP contribution in [0.25, 0.3) is 0 Å². The molecule has 4 fully saturated rings. The smallest absolute Gasteiger partial charge is 0.230 e. The van der Waals surface area contributed by atoms with Crippen LogP contribution in [0.5, 0.6) is 0 Å². The summed E-state index contributed by atoms with van der Waals surface area (Å²) < 4.78 is 2.07. The standard InChI is InChI=1S/C24H30N4OS/c1-2-8-28-21(12-17-6-4-3-5-7-17)26-27-23(28)30-16-22(29)25-24-13-18-9-19(14-24)11-20(10-18)15-24/h2-7,18-20H,1,8-16H2,(H,25,29). The Labute approximate surface area is 182 Å². The molecule has 4 saturated carbocycles. The van der Waals surface area contributed by atoms with Gasteiger partial charge in [-0.05, 0) is 61.8 Å². The molecule has 1 amide bonds. The molecule has 0 spiro atoms. The Bertz CT molecular complexity index is 887. The Morgan fingerprint density at radius 3 is 2.43 bits per heavy atom. The first kappa shape index (κ1) is 19.9. The van der Waals surface area contributed by atoms with Gasteiger partial charge in [-0.25, -0.2) is 0 Å².